The van der Waals surface area contributed by atoms with Gasteiger partial charge in [-0.05, 0) is 45.0 Å². The minimum absolute atomic E-state index is 0.105. The zero-order chi connectivity index (χ0) is 23.7. The number of nitrogens with zero attached hydrogens (tertiary/aromatic N) is 1. The molecular weight excluding hydrogens is 426 g/mol. The van der Waals surface area contributed by atoms with Crippen LogP contribution >= 0.6 is 0 Å². The molecule has 3 N–H and O–H groups in total. The number of piperidine rings is 1. The van der Waals surface area contributed by atoms with Gasteiger partial charge in [0.1, 0.15) is 17.6 Å². The van der Waals surface area contributed by atoms with Gasteiger partial charge in [-0.1, -0.05) is 19.1 Å². The summed E-state index contributed by atoms with van der Waals surface area (Å²) in [4.78, 5) is 26.9. The molecule has 1 fully saturated rings. The molecule has 1 aromatic rings. The highest BCUT2D eigenvalue weighted by atomic mass is 16.6. The minimum Gasteiger partial charge on any atom is -0.481 e. The number of ether oxygens (including phenoxy) is 2. The first kappa shape index (κ1) is 22.5. The first-order valence-corrected chi connectivity index (χ1v) is 11.6. The second-order valence-electron chi connectivity index (χ2n) is 10.1. The number of aliphatic hydroxyl groups is 3. The number of likely N-dealkylation sites (tertiary alicyclic amines) is 1. The van der Waals surface area contributed by atoms with Crippen molar-refractivity contribution >= 4 is 11.8 Å². The molecule has 2 unspecified atom stereocenters. The number of esters is 1. The van der Waals surface area contributed by atoms with E-state index in [1.54, 1.807) is 13.0 Å². The van der Waals surface area contributed by atoms with E-state index in [4.69, 9.17) is 9.47 Å². The van der Waals surface area contributed by atoms with E-state index in [1.807, 2.05) is 19.2 Å². The molecule has 8 heteroatoms. The van der Waals surface area contributed by atoms with Gasteiger partial charge in [0.15, 0.2) is 11.9 Å². The van der Waals surface area contributed by atoms with Crippen molar-refractivity contribution in [2.45, 2.75) is 75.4 Å². The molecule has 178 valence electrons. The molecule has 2 aliphatic heterocycles. The van der Waals surface area contributed by atoms with E-state index in [0.29, 0.717) is 36.3 Å². The van der Waals surface area contributed by atoms with E-state index in [2.05, 4.69) is 4.90 Å². The Morgan fingerprint density at radius 1 is 1.33 bits per heavy atom. The van der Waals surface area contributed by atoms with Crippen LogP contribution in [-0.2, 0) is 32.8 Å². The Labute approximate surface area is 192 Å². The number of carbonyl (C=O) groups excluding carboxylic acids is 2. The van der Waals surface area contributed by atoms with Crippen molar-refractivity contribution in [3.05, 3.63) is 40.7 Å². The van der Waals surface area contributed by atoms with Crippen LogP contribution in [0.4, 0.5) is 0 Å². The summed E-state index contributed by atoms with van der Waals surface area (Å²) in [6.07, 6.45) is 1.42. The van der Waals surface area contributed by atoms with E-state index in [9.17, 15) is 24.9 Å². The van der Waals surface area contributed by atoms with E-state index in [-0.39, 0.29) is 19.1 Å². The molecule has 0 saturated carbocycles. The topological polar surface area (TPSA) is 117 Å². The highest BCUT2D eigenvalue weighted by Crippen LogP contribution is 2.64. The first-order chi connectivity index (χ1) is 15.6. The van der Waals surface area contributed by atoms with Crippen molar-refractivity contribution in [1.82, 2.24) is 4.90 Å². The van der Waals surface area contributed by atoms with Crippen LogP contribution in [0.15, 0.2) is 24.0 Å². The summed E-state index contributed by atoms with van der Waals surface area (Å²) in [5, 5.41) is 31.6. The summed E-state index contributed by atoms with van der Waals surface area (Å²) < 4.78 is 12.2. The van der Waals surface area contributed by atoms with Crippen LogP contribution in [-0.4, -0.2) is 69.4 Å². The molecule has 1 saturated heterocycles. The number of carbonyl (C=O) groups is 2. The molecule has 2 bridgehead atoms. The average molecular weight is 458 g/mol. The molecule has 6 atom stereocenters. The molecule has 0 aromatic heterocycles. The van der Waals surface area contributed by atoms with Gasteiger partial charge >= 0.3 is 5.97 Å². The number of hydrogen-bond acceptors (Lipinski definition) is 8. The lowest BCUT2D eigenvalue weighted by atomic mass is 9.50. The number of benzene rings is 1. The Kier molecular flexibility index (Phi) is 5.21. The molecule has 1 spiro atoms. The van der Waals surface area contributed by atoms with Crippen LogP contribution < -0.4 is 4.74 Å². The number of ketones is 1. The second kappa shape index (κ2) is 7.63. The van der Waals surface area contributed by atoms with Crippen molar-refractivity contribution in [2.24, 2.45) is 5.92 Å². The number of rotatable bonds is 6. The monoisotopic (exact) mass is 457 g/mol. The zero-order valence-electron chi connectivity index (χ0n) is 19.2. The minimum atomic E-state index is -1.13. The average Bonchev–Trinajstić information content (AvgIpc) is 3.13. The lowest BCUT2D eigenvalue weighted by Crippen LogP contribution is -2.74. The maximum Gasteiger partial charge on any atom is 0.314 e. The van der Waals surface area contributed by atoms with E-state index >= 15 is 0 Å². The highest BCUT2D eigenvalue weighted by molar-refractivity contribution is 5.87. The Morgan fingerprint density at radius 2 is 2.09 bits per heavy atom. The van der Waals surface area contributed by atoms with Crippen LogP contribution in [0.1, 0.15) is 49.8 Å². The summed E-state index contributed by atoms with van der Waals surface area (Å²) in [6, 6.07) is 3.77. The third-order valence-electron chi connectivity index (χ3n) is 8.22. The van der Waals surface area contributed by atoms with Crippen molar-refractivity contribution in [1.29, 1.82) is 0 Å². The van der Waals surface area contributed by atoms with Gasteiger partial charge in [0.05, 0.1) is 23.5 Å². The summed E-state index contributed by atoms with van der Waals surface area (Å²) in [7, 11) is 2.02. The van der Waals surface area contributed by atoms with Crippen LogP contribution in [0.5, 0.6) is 5.75 Å². The Balaban J connectivity index is 1.54. The molecule has 8 nitrogen and oxygen atoms in total. The maximum atomic E-state index is 12.9. The third kappa shape index (κ3) is 2.97. The lowest BCUT2D eigenvalue weighted by Gasteiger charge is -2.61. The highest BCUT2D eigenvalue weighted by Gasteiger charge is 2.71. The molecule has 5 rings (SSSR count). The van der Waals surface area contributed by atoms with Crippen molar-refractivity contribution in [3.63, 3.8) is 0 Å². The van der Waals surface area contributed by atoms with Gasteiger partial charge in [0.25, 0.3) is 0 Å². The predicted molar refractivity (Wildman–Crippen MR) is 117 cm³/mol. The van der Waals surface area contributed by atoms with E-state index < -0.39 is 40.9 Å². The standard InChI is InChI=1S/C25H31NO7/c1-13(10-17(29)14(2)28)23(30)32-18-6-7-25(31)19-11-15-4-5-16(12-27)21-20(15)24(25,22(18)33-21)8-9-26(19)3/h4-6,13-14,19,22,27-28,31H,7-12H2,1-3H3/t13-,14+,19-,22?,24?,25-/m1/s1. The van der Waals surface area contributed by atoms with Crippen LogP contribution in [0, 0.1) is 5.92 Å². The fourth-order valence-electron chi connectivity index (χ4n) is 6.40. The molecule has 0 radical (unpaired) electrons. The van der Waals surface area contributed by atoms with Crippen molar-refractivity contribution in [2.75, 3.05) is 13.6 Å². The summed E-state index contributed by atoms with van der Waals surface area (Å²) in [5.41, 5.74) is 0.806. The molecule has 1 aromatic carbocycles. The fourth-order valence-corrected chi connectivity index (χ4v) is 6.40. The normalized spacial score (nSPS) is 33.5. The number of aliphatic hydroxyl groups excluding tert-OH is 2. The SMILES string of the molecule is C[C@H](O)C(=O)C[C@@H](C)C(=O)OC1=CC[C@@]2(O)[C@H]3Cc4ccc(CO)c5c4C2(CCN3C)C1O5. The Morgan fingerprint density at radius 3 is 2.79 bits per heavy atom. The van der Waals surface area contributed by atoms with Gasteiger partial charge in [-0.3, -0.25) is 9.59 Å². The Hall–Kier alpha value is -2.26. The number of likely N-dealkylation sites (N-methyl/N-ethyl adjacent to an activating group) is 1. The largest absolute Gasteiger partial charge is 0.481 e. The van der Waals surface area contributed by atoms with Gasteiger partial charge in [-0.25, -0.2) is 0 Å². The van der Waals surface area contributed by atoms with Crippen LogP contribution in [0.25, 0.3) is 0 Å². The van der Waals surface area contributed by atoms with Crippen molar-refractivity contribution in [3.8, 4) is 5.75 Å². The molecule has 33 heavy (non-hydrogen) atoms. The Bertz CT molecular complexity index is 1050. The summed E-state index contributed by atoms with van der Waals surface area (Å²) >= 11 is 0. The summed E-state index contributed by atoms with van der Waals surface area (Å²) in [5.74, 6) is -0.785. The van der Waals surface area contributed by atoms with Gasteiger partial charge in [-0.15, -0.1) is 0 Å². The molecular formula is C25H31NO7. The number of hydrogen-bond donors (Lipinski definition) is 3. The third-order valence-corrected chi connectivity index (χ3v) is 8.22. The molecule has 0 amide bonds. The van der Waals surface area contributed by atoms with Crippen LogP contribution in [0.3, 0.4) is 0 Å². The first-order valence-electron chi connectivity index (χ1n) is 11.6. The van der Waals surface area contributed by atoms with Gasteiger partial charge in [-0.2, -0.15) is 0 Å². The second-order valence-corrected chi connectivity index (χ2v) is 10.1. The smallest absolute Gasteiger partial charge is 0.314 e. The van der Waals surface area contributed by atoms with Crippen molar-refractivity contribution < 1.29 is 34.4 Å². The quantitative estimate of drug-likeness (QED) is 0.542. The predicted octanol–water partition coefficient (Wildman–Crippen LogP) is 0.976. The van der Waals surface area contributed by atoms with Crippen LogP contribution in [0.2, 0.25) is 0 Å². The number of Topliss-reactive ketones (excluding diaryl/α,β-unsaturated/α-hetero) is 1. The van der Waals surface area contributed by atoms with E-state index in [1.165, 1.54) is 6.92 Å². The van der Waals surface area contributed by atoms with Gasteiger partial charge in [0, 0.05) is 30.0 Å². The fraction of sp³-hybridized carbons (Fsp3) is 0.600. The lowest BCUT2D eigenvalue weighted by molar-refractivity contribution is -0.170. The van der Waals surface area contributed by atoms with E-state index in [0.717, 1.165) is 17.7 Å². The van der Waals surface area contributed by atoms with Gasteiger partial charge < -0.3 is 29.7 Å². The molecule has 4 aliphatic rings. The molecule has 2 aliphatic carbocycles. The summed E-state index contributed by atoms with van der Waals surface area (Å²) in [6.45, 7) is 3.54. The molecule has 2 heterocycles. The zero-order valence-corrected chi connectivity index (χ0v) is 19.2. The van der Waals surface area contributed by atoms with Gasteiger partial charge in [0.2, 0.25) is 0 Å². The maximum absolute atomic E-state index is 12.9.